The van der Waals surface area contributed by atoms with Gasteiger partial charge in [-0.15, -0.1) is 0 Å². The number of nitrogens with zero attached hydrogens (tertiary/aromatic N) is 3. The smallest absolute Gasteiger partial charge is 0.418 e. The lowest BCUT2D eigenvalue weighted by atomic mass is 10.1. The highest BCUT2D eigenvalue weighted by Crippen LogP contribution is 2.35. The van der Waals surface area contributed by atoms with Gasteiger partial charge in [0, 0.05) is 11.8 Å². The number of benzene rings is 3. The van der Waals surface area contributed by atoms with Gasteiger partial charge in [0.2, 0.25) is 11.8 Å². The quantitative estimate of drug-likeness (QED) is 0.262. The number of hydrogen-bond acceptors (Lipinski definition) is 7. The van der Waals surface area contributed by atoms with E-state index in [2.05, 4.69) is 14.7 Å². The second kappa shape index (κ2) is 10.4. The first kappa shape index (κ1) is 27.9. The molecule has 2 aromatic heterocycles. The van der Waals surface area contributed by atoms with Crippen LogP contribution < -0.4 is 20.8 Å². The maximum absolute atomic E-state index is 13.7. The molecule has 0 saturated heterocycles. The standard InChI is InChI=1S/C27H19ClF3N5O4S/c1-40-24-23(41(38,39)35-21-8-4-3-7-19(21)28)13-16(14-33-24)15-10-11-20-17(12-15)25(37)36(26(32)34-20)22-9-5-2-6-18(22)27(29,30)31/h2-14,35H,1H3,(H2,32,34). The molecule has 0 spiro atoms. The zero-order valence-electron chi connectivity index (χ0n) is 21.0. The van der Waals surface area contributed by atoms with Crippen molar-refractivity contribution >= 4 is 44.2 Å². The van der Waals surface area contributed by atoms with E-state index >= 15 is 0 Å². The fourth-order valence-corrected chi connectivity index (χ4v) is 5.67. The topological polar surface area (TPSA) is 129 Å². The van der Waals surface area contributed by atoms with Gasteiger partial charge in [0.1, 0.15) is 4.90 Å². The number of para-hydroxylation sites is 2. The van der Waals surface area contributed by atoms with E-state index in [0.29, 0.717) is 10.1 Å². The summed E-state index contributed by atoms with van der Waals surface area (Å²) in [7, 11) is -3.00. The van der Waals surface area contributed by atoms with Gasteiger partial charge < -0.3 is 10.5 Å². The Morgan fingerprint density at radius 2 is 1.71 bits per heavy atom. The summed E-state index contributed by atoms with van der Waals surface area (Å²) in [4.78, 5) is 21.4. The first-order valence-electron chi connectivity index (χ1n) is 11.7. The van der Waals surface area contributed by atoms with Crippen LogP contribution in [-0.4, -0.2) is 30.1 Å². The Morgan fingerprint density at radius 3 is 2.41 bits per heavy atom. The van der Waals surface area contributed by atoms with Crippen molar-refractivity contribution in [2.75, 3.05) is 17.6 Å². The van der Waals surface area contributed by atoms with Gasteiger partial charge in [-0.25, -0.2) is 23.0 Å². The summed E-state index contributed by atoms with van der Waals surface area (Å²) in [5, 5.41) is 0.118. The van der Waals surface area contributed by atoms with Crippen LogP contribution in [0.5, 0.6) is 5.88 Å². The SMILES string of the molecule is COc1ncc(-c2ccc3nc(N)n(-c4ccccc4C(F)(F)F)c(=O)c3c2)cc1S(=O)(=O)Nc1ccccc1Cl. The van der Waals surface area contributed by atoms with E-state index in [0.717, 1.165) is 12.1 Å². The molecule has 14 heteroatoms. The second-order valence-electron chi connectivity index (χ2n) is 8.67. The van der Waals surface area contributed by atoms with Crippen molar-refractivity contribution in [3.05, 3.63) is 99.9 Å². The molecule has 3 N–H and O–H groups in total. The van der Waals surface area contributed by atoms with Crippen molar-refractivity contribution in [2.45, 2.75) is 11.1 Å². The van der Waals surface area contributed by atoms with E-state index in [1.54, 1.807) is 18.2 Å². The minimum absolute atomic E-state index is 0.0527. The van der Waals surface area contributed by atoms with Crippen LogP contribution in [0.15, 0.2) is 88.7 Å². The Bertz CT molecular complexity index is 1980. The number of anilines is 2. The van der Waals surface area contributed by atoms with E-state index < -0.39 is 39.0 Å². The predicted octanol–water partition coefficient (Wildman–Crippen LogP) is 5.51. The van der Waals surface area contributed by atoms with Crippen molar-refractivity contribution in [1.82, 2.24) is 14.5 Å². The molecule has 9 nitrogen and oxygen atoms in total. The summed E-state index contributed by atoms with van der Waals surface area (Å²) in [6.07, 6.45) is -3.43. The number of nitrogen functional groups attached to an aromatic ring is 1. The van der Waals surface area contributed by atoms with Gasteiger partial charge in [-0.1, -0.05) is 41.9 Å². The molecule has 0 amide bonds. The van der Waals surface area contributed by atoms with Gasteiger partial charge in [-0.05, 0) is 48.0 Å². The van der Waals surface area contributed by atoms with E-state index in [-0.39, 0.29) is 38.0 Å². The Hall–Kier alpha value is -4.62. The third kappa shape index (κ3) is 5.28. The highest BCUT2D eigenvalue weighted by molar-refractivity contribution is 7.92. The Kier molecular flexibility index (Phi) is 7.09. The number of halogens is 4. The first-order valence-corrected chi connectivity index (χ1v) is 13.6. The molecule has 0 aliphatic carbocycles. The molecule has 5 aromatic rings. The second-order valence-corrected chi connectivity index (χ2v) is 10.7. The number of methoxy groups -OCH3 is 1. The van der Waals surface area contributed by atoms with Gasteiger partial charge in [-0.3, -0.25) is 9.52 Å². The van der Waals surface area contributed by atoms with Crippen LogP contribution >= 0.6 is 11.6 Å². The third-order valence-corrected chi connectivity index (χ3v) is 7.79. The summed E-state index contributed by atoms with van der Waals surface area (Å²) in [6.45, 7) is 0. The number of aromatic nitrogens is 3. The lowest BCUT2D eigenvalue weighted by Crippen LogP contribution is -2.25. The average Bonchev–Trinajstić information content (AvgIpc) is 2.93. The van der Waals surface area contributed by atoms with Crippen LogP contribution in [0.2, 0.25) is 5.02 Å². The number of alkyl halides is 3. The maximum atomic E-state index is 13.7. The molecule has 3 aromatic carbocycles. The number of hydrogen-bond donors (Lipinski definition) is 2. The summed E-state index contributed by atoms with van der Waals surface area (Å²) >= 11 is 6.11. The molecule has 0 aliphatic heterocycles. The Labute approximate surface area is 236 Å². The molecule has 0 radical (unpaired) electrons. The minimum atomic E-state index is -4.76. The molecule has 2 heterocycles. The fraction of sp³-hybridized carbons (Fsp3) is 0.0741. The van der Waals surface area contributed by atoms with Gasteiger partial charge in [0.05, 0.1) is 40.0 Å². The van der Waals surface area contributed by atoms with Crippen LogP contribution in [0, 0.1) is 0 Å². The zero-order valence-corrected chi connectivity index (χ0v) is 22.6. The average molecular weight is 602 g/mol. The molecule has 0 bridgehead atoms. The first-order chi connectivity index (χ1) is 19.4. The normalized spacial score (nSPS) is 11.9. The monoisotopic (exact) mass is 601 g/mol. The predicted molar refractivity (Wildman–Crippen MR) is 149 cm³/mol. The maximum Gasteiger partial charge on any atom is 0.418 e. The Morgan fingerprint density at radius 1 is 1.00 bits per heavy atom. The summed E-state index contributed by atoms with van der Waals surface area (Å²) in [6, 6.07) is 16.4. The van der Waals surface area contributed by atoms with Crippen LogP contribution in [0.25, 0.3) is 27.7 Å². The fourth-order valence-electron chi connectivity index (χ4n) is 4.20. The van der Waals surface area contributed by atoms with E-state index in [1.807, 2.05) is 0 Å². The number of pyridine rings is 1. The number of nitrogens with two attached hydrogens (primary N) is 1. The summed E-state index contributed by atoms with van der Waals surface area (Å²) in [5.41, 5.74) is 4.41. The number of sulfonamides is 1. The van der Waals surface area contributed by atoms with E-state index in [1.165, 1.54) is 55.8 Å². The van der Waals surface area contributed by atoms with Crippen molar-refractivity contribution in [3.8, 4) is 22.7 Å². The van der Waals surface area contributed by atoms with Crippen molar-refractivity contribution < 1.29 is 26.3 Å². The molecule has 41 heavy (non-hydrogen) atoms. The van der Waals surface area contributed by atoms with Crippen LogP contribution in [0.1, 0.15) is 5.56 Å². The molecule has 0 saturated carbocycles. The number of nitrogens with one attached hydrogen (secondary N) is 1. The highest BCUT2D eigenvalue weighted by Gasteiger charge is 2.34. The van der Waals surface area contributed by atoms with E-state index in [4.69, 9.17) is 22.1 Å². The lowest BCUT2D eigenvalue weighted by molar-refractivity contribution is -0.137. The van der Waals surface area contributed by atoms with Crippen LogP contribution in [0.3, 0.4) is 0 Å². The lowest BCUT2D eigenvalue weighted by Gasteiger charge is -2.16. The molecule has 210 valence electrons. The van der Waals surface area contributed by atoms with Gasteiger partial charge >= 0.3 is 6.18 Å². The van der Waals surface area contributed by atoms with Crippen molar-refractivity contribution in [1.29, 1.82) is 0 Å². The Balaban J connectivity index is 1.65. The zero-order chi connectivity index (χ0) is 29.5. The molecular weight excluding hydrogens is 583 g/mol. The van der Waals surface area contributed by atoms with E-state index in [9.17, 15) is 26.4 Å². The van der Waals surface area contributed by atoms with Gasteiger partial charge in [-0.2, -0.15) is 13.2 Å². The molecule has 5 rings (SSSR count). The summed E-state index contributed by atoms with van der Waals surface area (Å²) < 4.78 is 75.9. The van der Waals surface area contributed by atoms with Crippen LogP contribution in [-0.2, 0) is 16.2 Å². The molecule has 0 unspecified atom stereocenters. The number of ether oxygens (including phenoxy) is 1. The minimum Gasteiger partial charge on any atom is -0.480 e. The molecular formula is C27H19ClF3N5O4S. The molecule has 0 fully saturated rings. The van der Waals surface area contributed by atoms with Crippen molar-refractivity contribution in [2.24, 2.45) is 0 Å². The molecule has 0 aliphatic rings. The van der Waals surface area contributed by atoms with Crippen LogP contribution in [0.4, 0.5) is 24.8 Å². The molecule has 0 atom stereocenters. The summed E-state index contributed by atoms with van der Waals surface area (Å²) in [5.74, 6) is -0.633. The van der Waals surface area contributed by atoms with Gasteiger partial charge in [0.25, 0.3) is 15.6 Å². The van der Waals surface area contributed by atoms with Crippen molar-refractivity contribution in [3.63, 3.8) is 0 Å². The highest BCUT2D eigenvalue weighted by atomic mass is 35.5. The number of rotatable bonds is 6. The largest absolute Gasteiger partial charge is 0.480 e. The number of fused-ring (bicyclic) bond motifs is 1. The van der Waals surface area contributed by atoms with Gasteiger partial charge in [0.15, 0.2) is 0 Å². The third-order valence-electron chi connectivity index (χ3n) is 6.10.